The van der Waals surface area contributed by atoms with E-state index in [1.54, 1.807) is 12.3 Å². The van der Waals surface area contributed by atoms with Gasteiger partial charge in [0, 0.05) is 19.2 Å². The number of anilines is 1. The minimum absolute atomic E-state index is 0.215. The summed E-state index contributed by atoms with van der Waals surface area (Å²) < 4.78 is 0. The van der Waals surface area contributed by atoms with Crippen LogP contribution in [0.5, 0.6) is 0 Å². The van der Waals surface area contributed by atoms with Gasteiger partial charge >= 0.3 is 0 Å². The fourth-order valence-corrected chi connectivity index (χ4v) is 5.95. The Labute approximate surface area is 207 Å². The van der Waals surface area contributed by atoms with E-state index in [9.17, 15) is 14.7 Å². The number of aliphatic hydroxyl groups is 1. The third kappa shape index (κ3) is 7.04. The Bertz CT molecular complexity index is 964. The van der Waals surface area contributed by atoms with Gasteiger partial charge in [-0.25, -0.2) is 4.98 Å². The van der Waals surface area contributed by atoms with Crippen molar-refractivity contribution in [3.05, 3.63) is 59.8 Å². The van der Waals surface area contributed by atoms with Crippen LogP contribution in [0.2, 0.25) is 0 Å². The van der Waals surface area contributed by atoms with Crippen LogP contribution >= 0.6 is 0 Å². The van der Waals surface area contributed by atoms with Crippen LogP contribution in [0, 0.1) is 17.8 Å². The first-order valence-corrected chi connectivity index (χ1v) is 13.0. The highest BCUT2D eigenvalue weighted by Gasteiger charge is 2.37. The van der Waals surface area contributed by atoms with Crippen LogP contribution in [-0.2, 0) is 22.6 Å². The first-order chi connectivity index (χ1) is 17.0. The second kappa shape index (κ2) is 12.2. The molecule has 0 aliphatic heterocycles. The molecule has 7 heteroatoms. The van der Waals surface area contributed by atoms with Crippen LogP contribution in [0.15, 0.2) is 48.7 Å². The van der Waals surface area contributed by atoms with Crippen molar-refractivity contribution in [1.82, 2.24) is 15.6 Å². The second-order valence-electron chi connectivity index (χ2n) is 10.2. The minimum atomic E-state index is -1.21. The number of nitrogen functional groups attached to an aromatic ring is 1. The van der Waals surface area contributed by atoms with Gasteiger partial charge in [0.2, 0.25) is 11.8 Å². The molecule has 188 valence electrons. The topological polar surface area (TPSA) is 117 Å². The molecule has 0 spiro atoms. The highest BCUT2D eigenvalue weighted by Crippen LogP contribution is 2.45. The molecule has 7 nitrogen and oxygen atoms in total. The van der Waals surface area contributed by atoms with Crippen molar-refractivity contribution in [2.75, 3.05) is 5.73 Å². The van der Waals surface area contributed by atoms with Gasteiger partial charge in [-0.05, 0) is 47.8 Å². The van der Waals surface area contributed by atoms with Gasteiger partial charge in [-0.15, -0.1) is 0 Å². The van der Waals surface area contributed by atoms with Crippen molar-refractivity contribution in [2.45, 2.75) is 76.5 Å². The predicted molar refractivity (Wildman–Crippen MR) is 136 cm³/mol. The van der Waals surface area contributed by atoms with E-state index in [-0.39, 0.29) is 12.3 Å². The summed E-state index contributed by atoms with van der Waals surface area (Å²) in [7, 11) is 0. The third-order valence-corrected chi connectivity index (χ3v) is 7.78. The molecule has 4 rings (SSSR count). The number of amides is 2. The van der Waals surface area contributed by atoms with E-state index in [2.05, 4.69) is 15.6 Å². The van der Waals surface area contributed by atoms with Crippen LogP contribution in [0.1, 0.15) is 62.5 Å². The standard InChI is InChI=1S/C28H38N4O3/c29-26-14-13-20(17-30-26)18-31-27(34)24(16-22-11-6-10-21-9-4-5-12-23(21)22)32-28(35)25(33)15-19-7-2-1-3-8-19/h1-3,7-8,13-14,17,21-25,33H,4-6,9-12,15-16,18H2,(H2,29,30)(H,31,34)(H,32,35)/t21?,22?,23?,24-,25+/m0/s1. The number of carbonyl (C=O) groups excluding carboxylic acids is 2. The molecule has 1 aromatic carbocycles. The lowest BCUT2D eigenvalue weighted by molar-refractivity contribution is -0.134. The Morgan fingerprint density at radius 2 is 1.74 bits per heavy atom. The lowest BCUT2D eigenvalue weighted by Crippen LogP contribution is -2.51. The van der Waals surface area contributed by atoms with E-state index in [4.69, 9.17) is 5.73 Å². The number of nitrogens with zero attached hydrogens (tertiary/aromatic N) is 1. The number of carbonyl (C=O) groups is 2. The zero-order chi connectivity index (χ0) is 24.6. The summed E-state index contributed by atoms with van der Waals surface area (Å²) in [5, 5.41) is 16.4. The second-order valence-corrected chi connectivity index (χ2v) is 10.2. The lowest BCUT2D eigenvalue weighted by Gasteiger charge is -2.42. The molecule has 1 aromatic heterocycles. The number of nitrogens with one attached hydrogen (secondary N) is 2. The fourth-order valence-electron chi connectivity index (χ4n) is 5.95. The van der Waals surface area contributed by atoms with Crippen molar-refractivity contribution in [3.8, 4) is 0 Å². The Hall–Kier alpha value is -2.93. The molecule has 5 N–H and O–H groups in total. The van der Waals surface area contributed by atoms with Gasteiger partial charge in [0.25, 0.3) is 0 Å². The van der Waals surface area contributed by atoms with Gasteiger partial charge in [-0.3, -0.25) is 9.59 Å². The Morgan fingerprint density at radius 3 is 2.51 bits per heavy atom. The molecule has 2 aromatic rings. The van der Waals surface area contributed by atoms with E-state index in [1.165, 1.54) is 38.5 Å². The van der Waals surface area contributed by atoms with E-state index in [1.807, 2.05) is 36.4 Å². The summed E-state index contributed by atoms with van der Waals surface area (Å²) >= 11 is 0. The van der Waals surface area contributed by atoms with Crippen molar-refractivity contribution in [3.63, 3.8) is 0 Å². The Morgan fingerprint density at radius 1 is 0.971 bits per heavy atom. The van der Waals surface area contributed by atoms with Gasteiger partial charge in [-0.2, -0.15) is 0 Å². The maximum absolute atomic E-state index is 13.3. The molecule has 35 heavy (non-hydrogen) atoms. The number of rotatable bonds is 9. The Balaban J connectivity index is 1.42. The molecule has 3 unspecified atom stereocenters. The quantitative estimate of drug-likeness (QED) is 0.441. The number of pyridine rings is 1. The van der Waals surface area contributed by atoms with Crippen LogP contribution < -0.4 is 16.4 Å². The highest BCUT2D eigenvalue weighted by atomic mass is 16.3. The molecular formula is C28H38N4O3. The number of aromatic nitrogens is 1. The molecule has 0 radical (unpaired) electrons. The zero-order valence-electron chi connectivity index (χ0n) is 20.4. The van der Waals surface area contributed by atoms with Gasteiger partial charge in [0.15, 0.2) is 0 Å². The largest absolute Gasteiger partial charge is 0.384 e. The SMILES string of the molecule is Nc1ccc(CNC(=O)[C@H](CC2CCCC3CCCCC32)NC(=O)[C@H](O)Cc2ccccc2)cn1. The zero-order valence-corrected chi connectivity index (χ0v) is 20.4. The van der Waals surface area contributed by atoms with Crippen LogP contribution in [0.25, 0.3) is 0 Å². The van der Waals surface area contributed by atoms with E-state index >= 15 is 0 Å². The fraction of sp³-hybridized carbons (Fsp3) is 0.536. The number of hydrogen-bond donors (Lipinski definition) is 4. The smallest absolute Gasteiger partial charge is 0.249 e. The van der Waals surface area contributed by atoms with Crippen molar-refractivity contribution in [1.29, 1.82) is 0 Å². The van der Waals surface area contributed by atoms with Crippen LogP contribution in [0.3, 0.4) is 0 Å². The van der Waals surface area contributed by atoms with Crippen LogP contribution in [-0.4, -0.2) is 34.1 Å². The first-order valence-electron chi connectivity index (χ1n) is 13.0. The summed E-state index contributed by atoms with van der Waals surface area (Å²) in [5.41, 5.74) is 7.38. The van der Waals surface area contributed by atoms with Crippen molar-refractivity contribution >= 4 is 17.6 Å². The summed E-state index contributed by atoms with van der Waals surface area (Å²) in [6.07, 6.45) is 9.86. The maximum atomic E-state index is 13.3. The molecule has 2 saturated carbocycles. The number of benzene rings is 1. The van der Waals surface area contributed by atoms with E-state index < -0.39 is 18.1 Å². The molecule has 2 aliphatic rings. The van der Waals surface area contributed by atoms with Gasteiger partial charge < -0.3 is 21.5 Å². The molecule has 5 atom stereocenters. The number of nitrogens with two attached hydrogens (primary N) is 1. The summed E-state index contributed by atoms with van der Waals surface area (Å²) in [4.78, 5) is 30.3. The normalized spacial score (nSPS) is 23.5. The molecule has 0 saturated heterocycles. The lowest BCUT2D eigenvalue weighted by atomic mass is 9.64. The van der Waals surface area contributed by atoms with Crippen molar-refractivity contribution < 1.29 is 14.7 Å². The van der Waals surface area contributed by atoms with Gasteiger partial charge in [-0.1, -0.05) is 74.9 Å². The first kappa shape index (κ1) is 25.2. The monoisotopic (exact) mass is 478 g/mol. The average Bonchev–Trinajstić information content (AvgIpc) is 2.88. The minimum Gasteiger partial charge on any atom is -0.384 e. The summed E-state index contributed by atoms with van der Waals surface area (Å²) in [6, 6.07) is 12.3. The molecule has 2 fully saturated rings. The van der Waals surface area contributed by atoms with E-state index in [0.29, 0.717) is 30.6 Å². The van der Waals surface area contributed by atoms with Crippen LogP contribution in [0.4, 0.5) is 5.82 Å². The maximum Gasteiger partial charge on any atom is 0.249 e. The number of hydrogen-bond acceptors (Lipinski definition) is 5. The predicted octanol–water partition coefficient (Wildman–Crippen LogP) is 3.37. The van der Waals surface area contributed by atoms with E-state index in [0.717, 1.165) is 23.5 Å². The average molecular weight is 479 g/mol. The molecule has 2 amide bonds. The highest BCUT2D eigenvalue weighted by molar-refractivity contribution is 5.89. The van der Waals surface area contributed by atoms with Crippen molar-refractivity contribution in [2.24, 2.45) is 17.8 Å². The molecule has 1 heterocycles. The molecule has 0 bridgehead atoms. The Kier molecular flexibility index (Phi) is 8.74. The number of aliphatic hydroxyl groups excluding tert-OH is 1. The summed E-state index contributed by atoms with van der Waals surface area (Å²) in [6.45, 7) is 0.307. The number of fused-ring (bicyclic) bond motifs is 1. The molecular weight excluding hydrogens is 440 g/mol. The molecule has 2 aliphatic carbocycles. The van der Waals surface area contributed by atoms with Gasteiger partial charge in [0.05, 0.1) is 0 Å². The van der Waals surface area contributed by atoms with Gasteiger partial charge in [0.1, 0.15) is 18.0 Å². The third-order valence-electron chi connectivity index (χ3n) is 7.78. The summed E-state index contributed by atoms with van der Waals surface area (Å²) in [5.74, 6) is 1.48.